The molecule has 1 atom stereocenters. The predicted molar refractivity (Wildman–Crippen MR) is 71.9 cm³/mol. The van der Waals surface area contributed by atoms with Gasteiger partial charge in [-0.05, 0) is 37.9 Å². The monoisotopic (exact) mass is 253 g/mol. The summed E-state index contributed by atoms with van der Waals surface area (Å²) < 4.78 is 5.55. The molecule has 0 heterocycles. The Bertz CT molecular complexity index is 331. The lowest BCUT2D eigenvalue weighted by atomic mass is 10.2. The molecule has 1 aromatic carbocycles. The fourth-order valence-corrected chi connectivity index (χ4v) is 1.59. The minimum atomic E-state index is -0.515. The average Bonchev–Trinajstić information content (AvgIpc) is 2.37. The fourth-order valence-electron chi connectivity index (χ4n) is 1.59. The number of aliphatic hydroxyl groups excluding tert-OH is 2. The van der Waals surface area contributed by atoms with Crippen molar-refractivity contribution in [3.05, 3.63) is 29.8 Å². The molecule has 0 bridgehead atoms. The van der Waals surface area contributed by atoms with Crippen molar-refractivity contribution >= 4 is 0 Å². The van der Waals surface area contributed by atoms with Gasteiger partial charge in [0.2, 0.25) is 0 Å². The van der Waals surface area contributed by atoms with E-state index in [1.54, 1.807) is 0 Å². The molecular weight excluding hydrogens is 230 g/mol. The summed E-state index contributed by atoms with van der Waals surface area (Å²) in [4.78, 5) is 0. The lowest BCUT2D eigenvalue weighted by molar-refractivity contribution is 0.106. The molecule has 0 fully saturated rings. The van der Waals surface area contributed by atoms with Gasteiger partial charge in [0.15, 0.2) is 0 Å². The smallest absolute Gasteiger partial charge is 0.122 e. The maximum absolute atomic E-state index is 9.72. The van der Waals surface area contributed by atoms with Crippen molar-refractivity contribution < 1.29 is 14.9 Å². The van der Waals surface area contributed by atoms with Crippen LogP contribution in [0, 0.1) is 6.92 Å². The Morgan fingerprint density at radius 1 is 1.28 bits per heavy atom. The third-order valence-corrected chi connectivity index (χ3v) is 2.67. The van der Waals surface area contributed by atoms with Crippen LogP contribution in [0.15, 0.2) is 24.3 Å². The first-order chi connectivity index (χ1) is 8.74. The highest BCUT2D eigenvalue weighted by Crippen LogP contribution is 2.16. The SMILES string of the molecule is Cc1ccccc1OCC(O)CNCCCCO. The molecule has 0 aliphatic rings. The molecule has 102 valence electrons. The molecule has 18 heavy (non-hydrogen) atoms. The van der Waals surface area contributed by atoms with Crippen molar-refractivity contribution in [3.8, 4) is 5.75 Å². The Morgan fingerprint density at radius 2 is 2.06 bits per heavy atom. The van der Waals surface area contributed by atoms with Crippen LogP contribution in [0.25, 0.3) is 0 Å². The van der Waals surface area contributed by atoms with Crippen molar-refractivity contribution in [2.45, 2.75) is 25.9 Å². The van der Waals surface area contributed by atoms with Crippen molar-refractivity contribution in [1.82, 2.24) is 5.32 Å². The van der Waals surface area contributed by atoms with Crippen molar-refractivity contribution in [2.24, 2.45) is 0 Å². The number of benzene rings is 1. The van der Waals surface area contributed by atoms with Gasteiger partial charge in [-0.2, -0.15) is 0 Å². The normalized spacial score (nSPS) is 12.4. The summed E-state index contributed by atoms with van der Waals surface area (Å²) in [5, 5.41) is 21.5. The van der Waals surface area contributed by atoms with Crippen molar-refractivity contribution in [3.63, 3.8) is 0 Å². The number of aryl methyl sites for hydroxylation is 1. The lowest BCUT2D eigenvalue weighted by Gasteiger charge is -2.14. The molecule has 0 amide bonds. The van der Waals surface area contributed by atoms with Crippen LogP contribution in [0.5, 0.6) is 5.75 Å². The van der Waals surface area contributed by atoms with E-state index in [4.69, 9.17) is 9.84 Å². The highest BCUT2D eigenvalue weighted by Gasteiger charge is 2.05. The van der Waals surface area contributed by atoms with Crippen LogP contribution in [0.3, 0.4) is 0 Å². The zero-order valence-electron chi connectivity index (χ0n) is 10.9. The number of unbranched alkanes of at least 4 members (excludes halogenated alkanes) is 1. The van der Waals surface area contributed by atoms with Crippen LogP contribution in [0.1, 0.15) is 18.4 Å². The zero-order chi connectivity index (χ0) is 13.2. The molecule has 3 N–H and O–H groups in total. The summed E-state index contributed by atoms with van der Waals surface area (Å²) in [6, 6.07) is 7.76. The number of ether oxygens (including phenoxy) is 1. The number of hydrogen-bond acceptors (Lipinski definition) is 4. The van der Waals surface area contributed by atoms with E-state index in [0.29, 0.717) is 6.54 Å². The summed E-state index contributed by atoms with van der Waals surface area (Å²) in [7, 11) is 0. The Morgan fingerprint density at radius 3 is 2.78 bits per heavy atom. The zero-order valence-corrected chi connectivity index (χ0v) is 10.9. The Labute approximate surface area is 109 Å². The molecule has 0 aromatic heterocycles. The van der Waals surface area contributed by atoms with Crippen LogP contribution in [-0.4, -0.2) is 42.6 Å². The van der Waals surface area contributed by atoms with Crippen LogP contribution < -0.4 is 10.1 Å². The molecule has 0 spiro atoms. The van der Waals surface area contributed by atoms with Crippen molar-refractivity contribution in [2.75, 3.05) is 26.3 Å². The van der Waals surface area contributed by atoms with Gasteiger partial charge in [-0.15, -0.1) is 0 Å². The molecule has 4 nitrogen and oxygen atoms in total. The van der Waals surface area contributed by atoms with E-state index >= 15 is 0 Å². The molecule has 1 unspecified atom stereocenters. The van der Waals surface area contributed by atoms with Crippen LogP contribution in [0.4, 0.5) is 0 Å². The van der Waals surface area contributed by atoms with E-state index in [-0.39, 0.29) is 13.2 Å². The number of para-hydroxylation sites is 1. The molecular formula is C14H23NO3. The first-order valence-electron chi connectivity index (χ1n) is 6.42. The molecule has 4 heteroatoms. The van der Waals surface area contributed by atoms with Gasteiger partial charge in [0.05, 0.1) is 0 Å². The third-order valence-electron chi connectivity index (χ3n) is 2.67. The molecule has 0 saturated heterocycles. The molecule has 1 rings (SSSR count). The number of aliphatic hydroxyl groups is 2. The van der Waals surface area contributed by atoms with E-state index in [1.807, 2.05) is 31.2 Å². The van der Waals surface area contributed by atoms with Gasteiger partial charge in [-0.25, -0.2) is 0 Å². The molecule has 0 aliphatic heterocycles. The first kappa shape index (κ1) is 15.0. The Balaban J connectivity index is 2.13. The maximum atomic E-state index is 9.72. The molecule has 0 radical (unpaired) electrons. The quantitative estimate of drug-likeness (QED) is 0.577. The fraction of sp³-hybridized carbons (Fsp3) is 0.571. The van der Waals surface area contributed by atoms with E-state index in [0.717, 1.165) is 30.7 Å². The van der Waals surface area contributed by atoms with Gasteiger partial charge in [0, 0.05) is 13.2 Å². The van der Waals surface area contributed by atoms with E-state index in [1.165, 1.54) is 0 Å². The Kier molecular flexibility index (Phi) is 7.41. The lowest BCUT2D eigenvalue weighted by Crippen LogP contribution is -2.32. The van der Waals surface area contributed by atoms with Crippen molar-refractivity contribution in [1.29, 1.82) is 0 Å². The number of hydrogen-bond donors (Lipinski definition) is 3. The standard InChI is InChI=1S/C14H23NO3/c1-12-6-2-3-7-14(12)18-11-13(17)10-15-8-4-5-9-16/h2-3,6-7,13,15-17H,4-5,8-11H2,1H3. The van der Waals surface area contributed by atoms with E-state index < -0.39 is 6.10 Å². The number of nitrogens with one attached hydrogen (secondary N) is 1. The predicted octanol–water partition coefficient (Wildman–Crippen LogP) is 1.10. The van der Waals surface area contributed by atoms with E-state index in [2.05, 4.69) is 5.32 Å². The second-order valence-electron chi connectivity index (χ2n) is 4.37. The van der Waals surface area contributed by atoms with Crippen LogP contribution in [-0.2, 0) is 0 Å². The largest absolute Gasteiger partial charge is 0.491 e. The minimum absolute atomic E-state index is 0.223. The second-order valence-corrected chi connectivity index (χ2v) is 4.37. The highest BCUT2D eigenvalue weighted by atomic mass is 16.5. The van der Waals surface area contributed by atoms with Gasteiger partial charge in [0.25, 0.3) is 0 Å². The average molecular weight is 253 g/mol. The highest BCUT2D eigenvalue weighted by molar-refractivity contribution is 5.31. The molecule has 0 aliphatic carbocycles. The number of rotatable bonds is 9. The van der Waals surface area contributed by atoms with Gasteiger partial charge < -0.3 is 20.3 Å². The third kappa shape index (κ3) is 6.00. The summed E-state index contributed by atoms with van der Waals surface area (Å²) in [6.07, 6.45) is 1.20. The summed E-state index contributed by atoms with van der Waals surface area (Å²) >= 11 is 0. The van der Waals surface area contributed by atoms with Gasteiger partial charge >= 0.3 is 0 Å². The van der Waals surface area contributed by atoms with Gasteiger partial charge in [0.1, 0.15) is 18.5 Å². The summed E-state index contributed by atoms with van der Waals surface area (Å²) in [5.74, 6) is 0.817. The van der Waals surface area contributed by atoms with E-state index in [9.17, 15) is 5.11 Å². The molecule has 1 aromatic rings. The molecule has 0 saturated carbocycles. The topological polar surface area (TPSA) is 61.7 Å². The van der Waals surface area contributed by atoms with Gasteiger partial charge in [-0.3, -0.25) is 0 Å². The van der Waals surface area contributed by atoms with Crippen LogP contribution in [0.2, 0.25) is 0 Å². The maximum Gasteiger partial charge on any atom is 0.122 e. The summed E-state index contributed by atoms with van der Waals surface area (Å²) in [5.41, 5.74) is 1.07. The Hall–Kier alpha value is -1.10. The second kappa shape index (κ2) is 8.91. The van der Waals surface area contributed by atoms with Crippen LogP contribution >= 0.6 is 0 Å². The van der Waals surface area contributed by atoms with Gasteiger partial charge in [-0.1, -0.05) is 18.2 Å². The summed E-state index contributed by atoms with van der Waals surface area (Å²) in [6.45, 7) is 3.81. The first-order valence-corrected chi connectivity index (χ1v) is 6.42. The minimum Gasteiger partial charge on any atom is -0.491 e.